The van der Waals surface area contributed by atoms with E-state index in [2.05, 4.69) is 20.8 Å². The monoisotopic (exact) mass is 380 g/mol. The number of amides is 2. The minimum absolute atomic E-state index is 0.175. The molecule has 144 valence electrons. The third-order valence-electron chi connectivity index (χ3n) is 4.02. The molecule has 2 aromatic carbocycles. The number of carbonyl (C=O) groups is 2. The number of aryl methyl sites for hydroxylation is 1. The van der Waals surface area contributed by atoms with E-state index in [1.165, 1.54) is 0 Å². The van der Waals surface area contributed by atoms with E-state index < -0.39 is 0 Å². The van der Waals surface area contributed by atoms with Crippen molar-refractivity contribution in [1.29, 1.82) is 0 Å². The molecule has 0 saturated carbocycles. The summed E-state index contributed by atoms with van der Waals surface area (Å²) < 4.78 is 10.3. The third kappa shape index (κ3) is 4.73. The Balaban J connectivity index is 1.56. The highest BCUT2D eigenvalue weighted by Crippen LogP contribution is 2.20. The quantitative estimate of drug-likeness (QED) is 0.653. The maximum atomic E-state index is 12.2. The van der Waals surface area contributed by atoms with E-state index in [1.807, 2.05) is 24.3 Å². The molecule has 0 aliphatic heterocycles. The first-order valence-electron chi connectivity index (χ1n) is 8.68. The van der Waals surface area contributed by atoms with E-state index in [-0.39, 0.29) is 18.2 Å². The lowest BCUT2D eigenvalue weighted by atomic mass is 10.2. The number of ether oxygens (including phenoxy) is 1. The summed E-state index contributed by atoms with van der Waals surface area (Å²) in [6.45, 7) is 0. The first kappa shape index (κ1) is 19.1. The van der Waals surface area contributed by atoms with Gasteiger partial charge in [0.25, 0.3) is 5.91 Å². The number of carbonyl (C=O) groups excluding carboxylic acids is 2. The minimum Gasteiger partial charge on any atom is -0.497 e. The fraction of sp³-hybridized carbons (Fsp3) is 0.200. The molecule has 0 radical (unpaired) electrons. The van der Waals surface area contributed by atoms with Crippen molar-refractivity contribution in [2.45, 2.75) is 12.8 Å². The van der Waals surface area contributed by atoms with Crippen LogP contribution in [-0.2, 0) is 11.2 Å². The van der Waals surface area contributed by atoms with Gasteiger partial charge in [-0.1, -0.05) is 11.2 Å². The zero-order valence-electron chi connectivity index (χ0n) is 15.6. The molecule has 0 bridgehead atoms. The van der Waals surface area contributed by atoms with Gasteiger partial charge in [-0.25, -0.2) is 0 Å². The topological polar surface area (TPSA) is 106 Å². The van der Waals surface area contributed by atoms with Gasteiger partial charge < -0.3 is 19.9 Å². The third-order valence-corrected chi connectivity index (χ3v) is 4.02. The second-order valence-corrected chi connectivity index (χ2v) is 5.95. The van der Waals surface area contributed by atoms with E-state index in [9.17, 15) is 9.59 Å². The first-order chi connectivity index (χ1) is 13.6. The van der Waals surface area contributed by atoms with Crippen LogP contribution in [0, 0.1) is 0 Å². The number of aromatic nitrogens is 2. The molecule has 0 aliphatic carbocycles. The predicted octanol–water partition coefficient (Wildman–Crippen LogP) is 2.68. The van der Waals surface area contributed by atoms with Gasteiger partial charge in [-0.15, -0.1) is 0 Å². The number of hydrogen-bond donors (Lipinski definition) is 2. The standard InChI is InChI=1S/C20H20N4O4/c1-21-20(26)14-4-3-5-15(12-14)22-17(25)10-11-18-23-19(24-28-18)13-6-8-16(27-2)9-7-13/h3-9,12H,10-11H2,1-2H3,(H,21,26)(H,22,25). The molecular weight excluding hydrogens is 360 g/mol. The van der Waals surface area contributed by atoms with Gasteiger partial charge in [0.2, 0.25) is 17.6 Å². The smallest absolute Gasteiger partial charge is 0.251 e. The zero-order valence-corrected chi connectivity index (χ0v) is 15.6. The molecule has 0 aliphatic rings. The van der Waals surface area contributed by atoms with Crippen LogP contribution in [0.5, 0.6) is 5.75 Å². The van der Waals surface area contributed by atoms with Crippen molar-refractivity contribution in [1.82, 2.24) is 15.5 Å². The van der Waals surface area contributed by atoms with Crippen molar-refractivity contribution in [2.75, 3.05) is 19.5 Å². The molecule has 0 saturated heterocycles. The van der Waals surface area contributed by atoms with E-state index in [0.29, 0.717) is 29.4 Å². The van der Waals surface area contributed by atoms with E-state index in [0.717, 1.165) is 11.3 Å². The van der Waals surface area contributed by atoms with E-state index >= 15 is 0 Å². The molecule has 2 N–H and O–H groups in total. The van der Waals surface area contributed by atoms with Crippen LogP contribution < -0.4 is 15.4 Å². The Morgan fingerprint density at radius 1 is 1.14 bits per heavy atom. The Morgan fingerprint density at radius 3 is 2.64 bits per heavy atom. The molecule has 3 rings (SSSR count). The molecule has 1 aromatic heterocycles. The van der Waals surface area contributed by atoms with E-state index in [1.54, 1.807) is 38.4 Å². The average molecular weight is 380 g/mol. The van der Waals surface area contributed by atoms with Crippen LogP contribution in [0.2, 0.25) is 0 Å². The summed E-state index contributed by atoms with van der Waals surface area (Å²) in [7, 11) is 3.15. The van der Waals surface area contributed by atoms with Gasteiger partial charge in [-0.3, -0.25) is 9.59 Å². The van der Waals surface area contributed by atoms with Crippen molar-refractivity contribution >= 4 is 17.5 Å². The molecule has 0 atom stereocenters. The number of anilines is 1. The van der Waals surface area contributed by atoms with Crippen LogP contribution in [-0.4, -0.2) is 36.1 Å². The number of nitrogens with one attached hydrogen (secondary N) is 2. The molecular formula is C20H20N4O4. The summed E-state index contributed by atoms with van der Waals surface area (Å²) >= 11 is 0. The van der Waals surface area contributed by atoms with Gasteiger partial charge in [0.15, 0.2) is 0 Å². The van der Waals surface area contributed by atoms with Crippen molar-refractivity contribution in [3.8, 4) is 17.1 Å². The molecule has 3 aromatic rings. The summed E-state index contributed by atoms with van der Waals surface area (Å²) in [4.78, 5) is 28.1. The first-order valence-corrected chi connectivity index (χ1v) is 8.68. The predicted molar refractivity (Wildman–Crippen MR) is 103 cm³/mol. The maximum Gasteiger partial charge on any atom is 0.251 e. The van der Waals surface area contributed by atoms with Gasteiger partial charge in [0.1, 0.15) is 5.75 Å². The summed E-state index contributed by atoms with van der Waals surface area (Å²) in [6, 6.07) is 14.0. The van der Waals surface area contributed by atoms with Crippen LogP contribution in [0.1, 0.15) is 22.7 Å². The van der Waals surface area contributed by atoms with Gasteiger partial charge in [0.05, 0.1) is 7.11 Å². The largest absolute Gasteiger partial charge is 0.497 e. The maximum absolute atomic E-state index is 12.2. The van der Waals surface area contributed by atoms with E-state index in [4.69, 9.17) is 9.26 Å². The lowest BCUT2D eigenvalue weighted by Crippen LogP contribution is -2.18. The Morgan fingerprint density at radius 2 is 1.93 bits per heavy atom. The summed E-state index contributed by atoms with van der Waals surface area (Å²) in [5.41, 5.74) is 1.82. The number of nitrogens with zero attached hydrogens (tertiary/aromatic N) is 2. The van der Waals surface area contributed by atoms with Crippen molar-refractivity contribution < 1.29 is 18.8 Å². The highest BCUT2D eigenvalue weighted by atomic mass is 16.5. The van der Waals surface area contributed by atoms with Crippen molar-refractivity contribution in [2.24, 2.45) is 0 Å². The molecule has 8 heteroatoms. The zero-order chi connectivity index (χ0) is 19.9. The highest BCUT2D eigenvalue weighted by Gasteiger charge is 2.12. The molecule has 0 spiro atoms. The number of hydrogen-bond acceptors (Lipinski definition) is 6. The van der Waals surface area contributed by atoms with Gasteiger partial charge >= 0.3 is 0 Å². The normalized spacial score (nSPS) is 10.4. The van der Waals surface area contributed by atoms with Crippen LogP contribution in [0.25, 0.3) is 11.4 Å². The Bertz CT molecular complexity index is 966. The fourth-order valence-electron chi connectivity index (χ4n) is 2.54. The second kappa shape index (κ2) is 8.81. The van der Waals surface area contributed by atoms with Crippen LogP contribution >= 0.6 is 0 Å². The molecule has 1 heterocycles. The average Bonchev–Trinajstić information content (AvgIpc) is 3.21. The summed E-state index contributed by atoms with van der Waals surface area (Å²) in [6.07, 6.45) is 0.485. The lowest BCUT2D eigenvalue weighted by molar-refractivity contribution is -0.116. The molecule has 8 nitrogen and oxygen atoms in total. The molecule has 0 fully saturated rings. The molecule has 2 amide bonds. The second-order valence-electron chi connectivity index (χ2n) is 5.95. The van der Waals surface area contributed by atoms with Crippen LogP contribution in [0.15, 0.2) is 53.1 Å². The molecule has 0 unspecified atom stereocenters. The summed E-state index contributed by atoms with van der Waals surface area (Å²) in [5.74, 6) is 1.15. The number of methoxy groups -OCH3 is 1. The SMILES string of the molecule is CNC(=O)c1cccc(NC(=O)CCc2nc(-c3ccc(OC)cc3)no2)c1. The number of rotatable bonds is 7. The highest BCUT2D eigenvalue weighted by molar-refractivity contribution is 5.97. The Kier molecular flexibility index (Phi) is 6.01. The minimum atomic E-state index is -0.215. The van der Waals surface area contributed by atoms with Crippen molar-refractivity contribution in [3.63, 3.8) is 0 Å². The van der Waals surface area contributed by atoms with Gasteiger partial charge in [0, 0.05) is 36.7 Å². The van der Waals surface area contributed by atoms with Crippen LogP contribution in [0.3, 0.4) is 0 Å². The van der Waals surface area contributed by atoms with Crippen LogP contribution in [0.4, 0.5) is 5.69 Å². The Labute approximate surface area is 161 Å². The lowest BCUT2D eigenvalue weighted by Gasteiger charge is -2.06. The van der Waals surface area contributed by atoms with Gasteiger partial charge in [-0.05, 0) is 42.5 Å². The molecule has 28 heavy (non-hydrogen) atoms. The fourth-order valence-corrected chi connectivity index (χ4v) is 2.54. The number of benzene rings is 2. The van der Waals surface area contributed by atoms with Gasteiger partial charge in [-0.2, -0.15) is 4.98 Å². The Hall–Kier alpha value is -3.68. The van der Waals surface area contributed by atoms with Crippen molar-refractivity contribution in [3.05, 3.63) is 60.0 Å². The summed E-state index contributed by atoms with van der Waals surface area (Å²) in [5, 5.41) is 9.25.